The number of aryl methyl sites for hydroxylation is 2. The van der Waals surface area contributed by atoms with E-state index in [2.05, 4.69) is 15.5 Å². The number of hydrogen-bond acceptors (Lipinski definition) is 4. The van der Waals surface area contributed by atoms with Crippen molar-refractivity contribution in [1.29, 1.82) is 0 Å². The predicted octanol–water partition coefficient (Wildman–Crippen LogP) is 0.735. The lowest BCUT2D eigenvalue weighted by Gasteiger charge is -2.47. The molecule has 21 heavy (non-hydrogen) atoms. The average molecular weight is 293 g/mol. The van der Waals surface area contributed by atoms with Crippen LogP contribution in [-0.4, -0.2) is 48.6 Å². The van der Waals surface area contributed by atoms with Gasteiger partial charge in [-0.25, -0.2) is 0 Å². The summed E-state index contributed by atoms with van der Waals surface area (Å²) in [5, 5.41) is 10.2. The van der Waals surface area contributed by atoms with Gasteiger partial charge in [-0.1, -0.05) is 0 Å². The second kappa shape index (κ2) is 5.77. The number of ether oxygens (including phenoxy) is 2. The van der Waals surface area contributed by atoms with Crippen LogP contribution >= 0.6 is 0 Å². The molecule has 2 heterocycles. The third-order valence-corrected chi connectivity index (χ3v) is 4.83. The zero-order valence-corrected chi connectivity index (χ0v) is 12.8. The van der Waals surface area contributed by atoms with Gasteiger partial charge in [-0.2, -0.15) is 5.10 Å². The number of aromatic nitrogens is 2. The van der Waals surface area contributed by atoms with E-state index in [0.717, 1.165) is 30.0 Å². The third-order valence-electron chi connectivity index (χ3n) is 4.83. The van der Waals surface area contributed by atoms with Crippen molar-refractivity contribution in [2.24, 2.45) is 11.8 Å². The maximum absolute atomic E-state index is 12.3. The lowest BCUT2D eigenvalue weighted by atomic mass is 9.67. The molecule has 0 spiro atoms. The predicted molar refractivity (Wildman–Crippen MR) is 76.9 cm³/mol. The van der Waals surface area contributed by atoms with Crippen LogP contribution in [-0.2, 0) is 20.7 Å². The summed E-state index contributed by atoms with van der Waals surface area (Å²) in [6, 6.07) is 0.178. The van der Waals surface area contributed by atoms with E-state index < -0.39 is 0 Å². The first-order valence-electron chi connectivity index (χ1n) is 7.52. The molecular weight excluding hydrogens is 270 g/mol. The Hall–Kier alpha value is -1.40. The van der Waals surface area contributed by atoms with E-state index >= 15 is 0 Å². The smallest absolute Gasteiger partial charge is 0.224 e. The van der Waals surface area contributed by atoms with Gasteiger partial charge in [0.25, 0.3) is 0 Å². The maximum atomic E-state index is 12.3. The number of hydrogen-bond donors (Lipinski definition) is 2. The Labute approximate surface area is 124 Å². The van der Waals surface area contributed by atoms with E-state index in [1.54, 1.807) is 7.11 Å². The van der Waals surface area contributed by atoms with Crippen LogP contribution < -0.4 is 5.32 Å². The van der Waals surface area contributed by atoms with E-state index in [-0.39, 0.29) is 24.0 Å². The summed E-state index contributed by atoms with van der Waals surface area (Å²) in [6.07, 6.45) is 1.66. The van der Waals surface area contributed by atoms with Crippen LogP contribution in [0.2, 0.25) is 0 Å². The number of nitrogens with zero attached hydrogens (tertiary/aromatic N) is 1. The van der Waals surface area contributed by atoms with Crippen LogP contribution in [0.3, 0.4) is 0 Å². The van der Waals surface area contributed by atoms with Gasteiger partial charge in [0, 0.05) is 42.9 Å². The number of H-pyrrole nitrogens is 1. The van der Waals surface area contributed by atoms with E-state index in [1.807, 2.05) is 13.8 Å². The minimum Gasteiger partial charge on any atom is -0.384 e. The zero-order valence-electron chi connectivity index (χ0n) is 12.8. The van der Waals surface area contributed by atoms with Crippen molar-refractivity contribution in [1.82, 2.24) is 15.5 Å². The van der Waals surface area contributed by atoms with E-state index in [1.165, 1.54) is 0 Å². The van der Waals surface area contributed by atoms with E-state index in [9.17, 15) is 4.79 Å². The van der Waals surface area contributed by atoms with Crippen molar-refractivity contribution >= 4 is 5.91 Å². The quantitative estimate of drug-likeness (QED) is 0.839. The lowest BCUT2D eigenvalue weighted by Crippen LogP contribution is -2.63. The molecule has 1 saturated carbocycles. The molecule has 2 aliphatic rings. The minimum atomic E-state index is 0.0547. The van der Waals surface area contributed by atoms with Crippen LogP contribution in [0.1, 0.15) is 23.4 Å². The molecule has 2 fully saturated rings. The normalized spacial score (nSPS) is 30.8. The molecule has 1 aromatic rings. The highest BCUT2D eigenvalue weighted by Crippen LogP contribution is 2.43. The highest BCUT2D eigenvalue weighted by Gasteiger charge is 2.54. The highest BCUT2D eigenvalue weighted by atomic mass is 16.5. The number of amides is 1. The number of nitrogens with one attached hydrogen (secondary N) is 2. The number of aromatic amines is 1. The van der Waals surface area contributed by atoms with E-state index in [4.69, 9.17) is 9.47 Å². The second-order valence-electron chi connectivity index (χ2n) is 6.09. The Bertz CT molecular complexity index is 509. The van der Waals surface area contributed by atoms with Gasteiger partial charge < -0.3 is 14.8 Å². The fourth-order valence-electron chi connectivity index (χ4n) is 3.67. The van der Waals surface area contributed by atoms with Crippen LogP contribution in [0.25, 0.3) is 0 Å². The van der Waals surface area contributed by atoms with Crippen molar-refractivity contribution in [3.8, 4) is 0 Å². The van der Waals surface area contributed by atoms with Gasteiger partial charge in [0.2, 0.25) is 5.91 Å². The van der Waals surface area contributed by atoms with Crippen molar-refractivity contribution in [2.45, 2.75) is 38.8 Å². The van der Waals surface area contributed by atoms with Gasteiger partial charge in [0.05, 0.1) is 24.8 Å². The summed E-state index contributed by atoms with van der Waals surface area (Å²) in [7, 11) is 1.69. The molecule has 116 valence electrons. The van der Waals surface area contributed by atoms with E-state index in [0.29, 0.717) is 18.9 Å². The number of carbonyl (C=O) groups is 1. The Morgan fingerprint density at radius 2 is 2.33 bits per heavy atom. The monoisotopic (exact) mass is 293 g/mol. The summed E-state index contributed by atoms with van der Waals surface area (Å²) in [6.45, 7) is 5.29. The Morgan fingerprint density at radius 1 is 1.52 bits per heavy atom. The summed E-state index contributed by atoms with van der Waals surface area (Å²) in [5.41, 5.74) is 2.85. The fourth-order valence-corrected chi connectivity index (χ4v) is 3.67. The molecule has 1 aliphatic heterocycles. The average Bonchev–Trinajstić information content (AvgIpc) is 3.01. The molecule has 0 radical (unpaired) electrons. The highest BCUT2D eigenvalue weighted by molar-refractivity contribution is 5.79. The Morgan fingerprint density at radius 3 is 3.00 bits per heavy atom. The molecule has 3 rings (SSSR count). The SMILES string of the molecule is COC[C@@H]1[C@H](NC(=O)Cc2c(C)n[nH]c2C)[C@@H]2CCO[C@H]12. The van der Waals surface area contributed by atoms with Crippen molar-refractivity contribution < 1.29 is 14.3 Å². The molecule has 1 aromatic heterocycles. The molecule has 1 saturated heterocycles. The van der Waals surface area contributed by atoms with Crippen molar-refractivity contribution in [3.63, 3.8) is 0 Å². The number of carbonyl (C=O) groups excluding carboxylic acids is 1. The van der Waals surface area contributed by atoms with Gasteiger partial charge in [0.1, 0.15) is 0 Å². The summed E-state index contributed by atoms with van der Waals surface area (Å²) in [5.74, 6) is 0.776. The van der Waals surface area contributed by atoms with Crippen molar-refractivity contribution in [3.05, 3.63) is 17.0 Å². The lowest BCUT2D eigenvalue weighted by molar-refractivity contribution is -0.129. The van der Waals surface area contributed by atoms with Crippen LogP contribution in [0.15, 0.2) is 0 Å². The molecule has 1 aliphatic carbocycles. The van der Waals surface area contributed by atoms with Gasteiger partial charge in [-0.3, -0.25) is 9.89 Å². The summed E-state index contributed by atoms with van der Waals surface area (Å²) in [4.78, 5) is 12.3. The number of fused-ring (bicyclic) bond motifs is 1. The fraction of sp³-hybridized carbons (Fsp3) is 0.733. The largest absolute Gasteiger partial charge is 0.384 e. The van der Waals surface area contributed by atoms with Gasteiger partial charge in [-0.05, 0) is 20.3 Å². The van der Waals surface area contributed by atoms with Gasteiger partial charge in [-0.15, -0.1) is 0 Å². The zero-order chi connectivity index (χ0) is 15.0. The molecule has 0 unspecified atom stereocenters. The molecule has 6 nitrogen and oxygen atoms in total. The first-order valence-corrected chi connectivity index (χ1v) is 7.52. The molecule has 6 heteroatoms. The van der Waals surface area contributed by atoms with Crippen LogP contribution in [0.5, 0.6) is 0 Å². The topological polar surface area (TPSA) is 76.2 Å². The minimum absolute atomic E-state index is 0.0547. The summed E-state index contributed by atoms with van der Waals surface area (Å²) < 4.78 is 11.0. The first kappa shape index (κ1) is 14.5. The maximum Gasteiger partial charge on any atom is 0.224 e. The molecule has 0 aromatic carbocycles. The van der Waals surface area contributed by atoms with Crippen LogP contribution in [0.4, 0.5) is 0 Å². The van der Waals surface area contributed by atoms with Gasteiger partial charge >= 0.3 is 0 Å². The molecule has 2 N–H and O–H groups in total. The Kier molecular flexibility index (Phi) is 3.99. The number of rotatable bonds is 5. The molecule has 1 amide bonds. The number of methoxy groups -OCH3 is 1. The summed E-state index contributed by atoms with van der Waals surface area (Å²) >= 11 is 0. The van der Waals surface area contributed by atoms with Crippen molar-refractivity contribution in [2.75, 3.05) is 20.3 Å². The Balaban J connectivity index is 1.61. The third kappa shape index (κ3) is 2.58. The molecular formula is C15H23N3O3. The first-order chi connectivity index (χ1) is 10.1. The van der Waals surface area contributed by atoms with Crippen LogP contribution in [0, 0.1) is 25.7 Å². The molecule has 4 atom stereocenters. The molecule has 0 bridgehead atoms. The van der Waals surface area contributed by atoms with Gasteiger partial charge in [0.15, 0.2) is 0 Å². The standard InChI is InChI=1S/C15H23N3O3/c1-8-11(9(2)18-17-8)6-13(19)16-14-10-4-5-21-15(10)12(14)7-20-3/h10,12,14-15H,4-7H2,1-3H3,(H,16,19)(H,17,18)/t10-,12+,14+,15-/m0/s1. The second-order valence-corrected chi connectivity index (χ2v) is 6.09.